The van der Waals surface area contributed by atoms with E-state index in [4.69, 9.17) is 5.26 Å². The highest BCUT2D eigenvalue weighted by atomic mass is 79.9. The number of rotatable bonds is 4. The Morgan fingerprint density at radius 2 is 1.85 bits per heavy atom. The van der Waals surface area contributed by atoms with Gasteiger partial charge in [0.15, 0.2) is 0 Å². The lowest BCUT2D eigenvalue weighted by Crippen LogP contribution is -2.01. The Balaban J connectivity index is 2.12. The molecule has 2 aromatic rings. The molecule has 0 atom stereocenters. The number of ether oxygens (including phenoxy) is 1. The molecule has 6 heteroatoms. The number of nitrogens with zero attached hydrogens (tertiary/aromatic N) is 1. The quantitative estimate of drug-likeness (QED) is 0.881. The summed E-state index contributed by atoms with van der Waals surface area (Å²) in [4.78, 5) is 0. The average Bonchev–Trinajstić information content (AvgIpc) is 2.42. The summed E-state index contributed by atoms with van der Waals surface area (Å²) in [6.07, 6.45) is 0. The second kappa shape index (κ2) is 6.35. The van der Waals surface area contributed by atoms with Crippen LogP contribution >= 0.6 is 15.9 Å². The Morgan fingerprint density at radius 1 is 1.15 bits per heavy atom. The van der Waals surface area contributed by atoms with E-state index >= 15 is 0 Å². The van der Waals surface area contributed by atoms with Gasteiger partial charge in [0.1, 0.15) is 5.75 Å². The van der Waals surface area contributed by atoms with Crippen molar-refractivity contribution in [3.05, 3.63) is 52.5 Å². The van der Waals surface area contributed by atoms with Crippen LogP contribution in [-0.2, 0) is 0 Å². The minimum absolute atomic E-state index is 0.101. The molecule has 0 heterocycles. The molecule has 3 nitrogen and oxygen atoms in total. The summed E-state index contributed by atoms with van der Waals surface area (Å²) in [6.45, 7) is -2.83. The molecule has 0 radical (unpaired) electrons. The highest BCUT2D eigenvalue weighted by molar-refractivity contribution is 9.10. The van der Waals surface area contributed by atoms with Gasteiger partial charge in [0.25, 0.3) is 0 Å². The average molecular weight is 339 g/mol. The van der Waals surface area contributed by atoms with Gasteiger partial charge in [0.05, 0.1) is 17.3 Å². The maximum absolute atomic E-state index is 12.0. The third-order valence-corrected chi connectivity index (χ3v) is 3.11. The van der Waals surface area contributed by atoms with Gasteiger partial charge in [0.2, 0.25) is 0 Å². The molecule has 0 spiro atoms. The molecule has 20 heavy (non-hydrogen) atoms. The predicted octanol–water partition coefficient (Wildman–Crippen LogP) is 4.67. The fourth-order valence-corrected chi connectivity index (χ4v) is 2.04. The molecule has 0 aliphatic heterocycles. The first-order valence-electron chi connectivity index (χ1n) is 5.60. The van der Waals surface area contributed by atoms with Crippen LogP contribution in [0.15, 0.2) is 46.9 Å². The normalized spacial score (nSPS) is 10.2. The molecule has 0 aliphatic rings. The minimum Gasteiger partial charge on any atom is -0.435 e. The monoisotopic (exact) mass is 338 g/mol. The van der Waals surface area contributed by atoms with E-state index in [-0.39, 0.29) is 5.75 Å². The number of anilines is 2. The molecule has 0 aliphatic carbocycles. The molecule has 0 saturated heterocycles. The zero-order valence-corrected chi connectivity index (χ0v) is 11.7. The van der Waals surface area contributed by atoms with Crippen molar-refractivity contribution in [1.82, 2.24) is 0 Å². The maximum Gasteiger partial charge on any atom is 0.387 e. The number of benzene rings is 2. The second-order valence-corrected chi connectivity index (χ2v) is 4.69. The van der Waals surface area contributed by atoms with Gasteiger partial charge in [-0.3, -0.25) is 0 Å². The van der Waals surface area contributed by atoms with Crippen LogP contribution in [-0.4, -0.2) is 6.61 Å². The molecule has 0 fully saturated rings. The molecule has 2 aromatic carbocycles. The number of alkyl halides is 2. The van der Waals surface area contributed by atoms with Gasteiger partial charge < -0.3 is 10.1 Å². The number of nitrogens with one attached hydrogen (secondary N) is 1. The highest BCUT2D eigenvalue weighted by Gasteiger charge is 2.05. The first kappa shape index (κ1) is 14.3. The standard InChI is InChI=1S/C14H9BrF2N2O/c15-12-7-9(8-18)1-6-13(12)19-10-2-4-11(5-3-10)20-14(16)17/h1-7,14,19H. The minimum atomic E-state index is -2.83. The van der Waals surface area contributed by atoms with Crippen molar-refractivity contribution >= 4 is 27.3 Å². The van der Waals surface area contributed by atoms with Crippen LogP contribution in [0.3, 0.4) is 0 Å². The number of hydrogen-bond acceptors (Lipinski definition) is 3. The van der Waals surface area contributed by atoms with Gasteiger partial charge in [-0.25, -0.2) is 0 Å². The van der Waals surface area contributed by atoms with Gasteiger partial charge in [0, 0.05) is 10.2 Å². The summed E-state index contributed by atoms with van der Waals surface area (Å²) in [5, 5.41) is 11.9. The molecular formula is C14H9BrF2N2O. The summed E-state index contributed by atoms with van der Waals surface area (Å²) in [5.41, 5.74) is 2.03. The van der Waals surface area contributed by atoms with Crippen molar-refractivity contribution in [3.8, 4) is 11.8 Å². The van der Waals surface area contributed by atoms with Gasteiger partial charge in [-0.2, -0.15) is 14.0 Å². The maximum atomic E-state index is 12.0. The van der Waals surface area contributed by atoms with Crippen LogP contribution in [0, 0.1) is 11.3 Å². The van der Waals surface area contributed by atoms with Crippen molar-refractivity contribution in [1.29, 1.82) is 5.26 Å². The number of hydrogen-bond donors (Lipinski definition) is 1. The second-order valence-electron chi connectivity index (χ2n) is 3.83. The molecular weight excluding hydrogens is 330 g/mol. The summed E-state index contributed by atoms with van der Waals surface area (Å²) in [5.74, 6) is 0.101. The fraction of sp³-hybridized carbons (Fsp3) is 0.0714. The fourth-order valence-electron chi connectivity index (χ4n) is 1.56. The number of nitriles is 1. The zero-order chi connectivity index (χ0) is 14.5. The molecule has 0 amide bonds. The van der Waals surface area contributed by atoms with E-state index in [2.05, 4.69) is 26.0 Å². The highest BCUT2D eigenvalue weighted by Crippen LogP contribution is 2.27. The zero-order valence-electron chi connectivity index (χ0n) is 10.1. The van der Waals surface area contributed by atoms with Crippen LogP contribution in [0.1, 0.15) is 5.56 Å². The Morgan fingerprint density at radius 3 is 2.40 bits per heavy atom. The third-order valence-electron chi connectivity index (χ3n) is 2.46. The first-order valence-corrected chi connectivity index (χ1v) is 6.39. The topological polar surface area (TPSA) is 45.0 Å². The molecule has 2 rings (SSSR count). The van der Waals surface area contributed by atoms with Crippen LogP contribution in [0.25, 0.3) is 0 Å². The largest absolute Gasteiger partial charge is 0.435 e. The van der Waals surface area contributed by atoms with E-state index < -0.39 is 6.61 Å². The Kier molecular flexibility index (Phi) is 4.53. The van der Waals surface area contributed by atoms with Crippen molar-refractivity contribution in [2.45, 2.75) is 6.61 Å². The van der Waals surface area contributed by atoms with E-state index in [1.807, 2.05) is 6.07 Å². The smallest absolute Gasteiger partial charge is 0.387 e. The van der Waals surface area contributed by atoms with Gasteiger partial charge in [-0.15, -0.1) is 0 Å². The summed E-state index contributed by atoms with van der Waals surface area (Å²) < 4.78 is 29.1. The van der Waals surface area contributed by atoms with E-state index in [9.17, 15) is 8.78 Å². The molecule has 0 unspecified atom stereocenters. The molecule has 0 bridgehead atoms. The van der Waals surface area contributed by atoms with Crippen LogP contribution in [0.4, 0.5) is 20.2 Å². The van der Waals surface area contributed by atoms with E-state index in [1.54, 1.807) is 30.3 Å². The first-order chi connectivity index (χ1) is 9.58. The lowest BCUT2D eigenvalue weighted by molar-refractivity contribution is -0.0498. The van der Waals surface area contributed by atoms with Gasteiger partial charge in [-0.1, -0.05) is 0 Å². The lowest BCUT2D eigenvalue weighted by atomic mass is 10.2. The summed E-state index contributed by atoms with van der Waals surface area (Å²) in [7, 11) is 0. The van der Waals surface area contributed by atoms with Crippen molar-refractivity contribution in [2.24, 2.45) is 0 Å². The summed E-state index contributed by atoms with van der Waals surface area (Å²) in [6, 6.07) is 13.3. The van der Waals surface area contributed by atoms with E-state index in [0.29, 0.717) is 5.56 Å². The predicted molar refractivity (Wildman–Crippen MR) is 75.2 cm³/mol. The van der Waals surface area contributed by atoms with Crippen LogP contribution < -0.4 is 10.1 Å². The molecule has 1 N–H and O–H groups in total. The number of halogens is 3. The summed E-state index contributed by atoms with van der Waals surface area (Å²) >= 11 is 3.36. The Hall–Kier alpha value is -2.13. The van der Waals surface area contributed by atoms with Crippen molar-refractivity contribution < 1.29 is 13.5 Å². The SMILES string of the molecule is N#Cc1ccc(Nc2ccc(OC(F)F)cc2)c(Br)c1. The van der Waals surface area contributed by atoms with E-state index in [0.717, 1.165) is 15.8 Å². The van der Waals surface area contributed by atoms with E-state index in [1.165, 1.54) is 12.1 Å². The van der Waals surface area contributed by atoms with Crippen molar-refractivity contribution in [3.63, 3.8) is 0 Å². The van der Waals surface area contributed by atoms with Crippen LogP contribution in [0.2, 0.25) is 0 Å². The van der Waals surface area contributed by atoms with Gasteiger partial charge in [-0.05, 0) is 58.4 Å². The van der Waals surface area contributed by atoms with Crippen molar-refractivity contribution in [2.75, 3.05) is 5.32 Å². The molecule has 0 saturated carbocycles. The molecule has 102 valence electrons. The molecule has 0 aromatic heterocycles. The van der Waals surface area contributed by atoms with Gasteiger partial charge >= 0.3 is 6.61 Å². The van der Waals surface area contributed by atoms with Crippen LogP contribution in [0.5, 0.6) is 5.75 Å². The third kappa shape index (κ3) is 3.68. The lowest BCUT2D eigenvalue weighted by Gasteiger charge is -2.10. The Bertz CT molecular complexity index is 639. The Labute approximate surface area is 122 Å².